The van der Waals surface area contributed by atoms with Crippen molar-refractivity contribution in [3.05, 3.63) is 24.7 Å². The molecule has 5 rings (SSSR count). The van der Waals surface area contributed by atoms with E-state index < -0.39 is 31.3 Å². The van der Waals surface area contributed by atoms with Crippen molar-refractivity contribution >= 4 is 35.5 Å². The molecule has 3 aromatic heterocycles. The third-order valence-corrected chi connectivity index (χ3v) is 6.40. The molecule has 2 aliphatic heterocycles. The van der Waals surface area contributed by atoms with Crippen LogP contribution in [0, 0.1) is 0 Å². The number of hydrogen-bond donors (Lipinski definition) is 2. The zero-order valence-electron chi connectivity index (χ0n) is 15.4. The number of rotatable bonds is 3. The first kappa shape index (κ1) is 19.1. The van der Waals surface area contributed by atoms with Gasteiger partial charge in [-0.05, 0) is 23.9 Å². The summed E-state index contributed by atoms with van der Waals surface area (Å²) in [7, 11) is 3.70. The van der Waals surface area contributed by atoms with Crippen LogP contribution >= 0.6 is 6.72 Å². The van der Waals surface area contributed by atoms with Crippen LogP contribution in [0.25, 0.3) is 22.7 Å². The Bertz CT molecular complexity index is 1100. The highest BCUT2D eigenvalue weighted by molar-refractivity contribution is 8.07. The molecule has 29 heavy (non-hydrogen) atoms. The summed E-state index contributed by atoms with van der Waals surface area (Å²) in [6, 6.07) is 3.49. The van der Waals surface area contributed by atoms with Crippen molar-refractivity contribution < 1.29 is 28.2 Å². The fourth-order valence-electron chi connectivity index (χ4n) is 3.59. The number of aliphatic hydroxyl groups is 1. The highest BCUT2D eigenvalue weighted by Gasteiger charge is 2.52. The van der Waals surface area contributed by atoms with E-state index in [1.165, 1.54) is 12.6 Å². The molecule has 5 atom stereocenters. The average molecular weight is 439 g/mol. The van der Waals surface area contributed by atoms with Gasteiger partial charge in [-0.1, -0.05) is 0 Å². The van der Waals surface area contributed by atoms with Crippen molar-refractivity contribution in [3.63, 3.8) is 0 Å². The van der Waals surface area contributed by atoms with Crippen LogP contribution < -0.4 is 4.90 Å². The Labute approximate surface area is 170 Å². The molecule has 0 bridgehead atoms. The van der Waals surface area contributed by atoms with Gasteiger partial charge < -0.3 is 28.6 Å². The molecule has 2 saturated heterocycles. The molecule has 2 fully saturated rings. The SMILES string of the molecule is CN(C)c1ncnc2c1nc(-c1ccco1)n2[C@@H]1O[C@@H]2COP(O)(=S)O[C@H]2[C@H]1O. The zero-order valence-corrected chi connectivity index (χ0v) is 17.2. The Morgan fingerprint density at radius 2 is 2.17 bits per heavy atom. The van der Waals surface area contributed by atoms with Gasteiger partial charge in [0.2, 0.25) is 0 Å². The summed E-state index contributed by atoms with van der Waals surface area (Å²) in [6.07, 6.45) is -0.526. The molecule has 1 unspecified atom stereocenters. The first-order chi connectivity index (χ1) is 13.9. The van der Waals surface area contributed by atoms with Crippen LogP contribution in [0.5, 0.6) is 0 Å². The Hall–Kier alpha value is -1.92. The molecule has 0 saturated carbocycles. The lowest BCUT2D eigenvalue weighted by atomic mass is 10.1. The summed E-state index contributed by atoms with van der Waals surface area (Å²) in [6.45, 7) is -3.39. The van der Waals surface area contributed by atoms with Crippen LogP contribution in [-0.2, 0) is 25.6 Å². The van der Waals surface area contributed by atoms with E-state index in [0.29, 0.717) is 28.6 Å². The van der Waals surface area contributed by atoms with E-state index in [1.807, 2.05) is 19.0 Å². The van der Waals surface area contributed by atoms with Gasteiger partial charge in [-0.15, -0.1) is 0 Å². The molecule has 2 aliphatic rings. The smallest absolute Gasteiger partial charge is 0.325 e. The van der Waals surface area contributed by atoms with Crippen LogP contribution in [-0.4, -0.2) is 68.5 Å². The maximum atomic E-state index is 11.0. The number of anilines is 1. The molecule has 0 amide bonds. The summed E-state index contributed by atoms with van der Waals surface area (Å²) in [4.78, 5) is 25.2. The molecule has 0 aromatic carbocycles. The van der Waals surface area contributed by atoms with Gasteiger partial charge in [0.25, 0.3) is 0 Å². The lowest BCUT2D eigenvalue weighted by Gasteiger charge is -2.30. The molecule has 11 nitrogen and oxygen atoms in total. The first-order valence-corrected chi connectivity index (χ1v) is 11.4. The summed E-state index contributed by atoms with van der Waals surface area (Å²) in [5.41, 5.74) is 0.987. The lowest BCUT2D eigenvalue weighted by Crippen LogP contribution is -2.39. The van der Waals surface area contributed by atoms with Gasteiger partial charge in [-0.3, -0.25) is 9.09 Å². The molecule has 0 aliphatic carbocycles. The summed E-state index contributed by atoms with van der Waals surface area (Å²) in [5, 5.41) is 11.0. The van der Waals surface area contributed by atoms with E-state index in [1.54, 1.807) is 16.7 Å². The molecule has 0 radical (unpaired) electrons. The van der Waals surface area contributed by atoms with E-state index in [4.69, 9.17) is 30.0 Å². The van der Waals surface area contributed by atoms with Crippen molar-refractivity contribution in [1.29, 1.82) is 0 Å². The topological polar surface area (TPSA) is 128 Å². The van der Waals surface area contributed by atoms with Gasteiger partial charge in [0.15, 0.2) is 34.8 Å². The third kappa shape index (κ3) is 3.08. The maximum Gasteiger partial charge on any atom is 0.325 e. The molecule has 3 aromatic rings. The van der Waals surface area contributed by atoms with E-state index in [9.17, 15) is 10.00 Å². The molecule has 13 heteroatoms. The van der Waals surface area contributed by atoms with Crippen LogP contribution in [0.3, 0.4) is 0 Å². The minimum atomic E-state index is -3.41. The molecule has 154 valence electrons. The van der Waals surface area contributed by atoms with E-state index in [0.717, 1.165) is 0 Å². The molecule has 0 spiro atoms. The van der Waals surface area contributed by atoms with Gasteiger partial charge in [0.05, 0.1) is 12.9 Å². The number of nitrogens with zero attached hydrogens (tertiary/aromatic N) is 5. The van der Waals surface area contributed by atoms with Crippen molar-refractivity contribution in [3.8, 4) is 11.6 Å². The van der Waals surface area contributed by atoms with Crippen LogP contribution in [0.4, 0.5) is 5.82 Å². The predicted octanol–water partition coefficient (Wildman–Crippen LogP) is 1.04. The monoisotopic (exact) mass is 439 g/mol. The number of furan rings is 1. The number of ether oxygens (including phenoxy) is 1. The number of fused-ring (bicyclic) bond motifs is 2. The second kappa shape index (κ2) is 6.81. The number of hydrogen-bond acceptors (Lipinski definition) is 10. The number of imidazole rings is 1. The number of aliphatic hydroxyl groups excluding tert-OH is 1. The molecular formula is C16H18N5O6PS. The summed E-state index contributed by atoms with van der Waals surface area (Å²) >= 11 is 4.92. The van der Waals surface area contributed by atoms with E-state index in [-0.39, 0.29) is 6.61 Å². The molecule has 2 N–H and O–H groups in total. The van der Waals surface area contributed by atoms with Crippen molar-refractivity contribution in [1.82, 2.24) is 19.5 Å². The highest BCUT2D eigenvalue weighted by atomic mass is 32.5. The van der Waals surface area contributed by atoms with Crippen molar-refractivity contribution in [2.75, 3.05) is 25.6 Å². The Morgan fingerprint density at radius 3 is 2.90 bits per heavy atom. The zero-order chi connectivity index (χ0) is 20.3. The Kier molecular flexibility index (Phi) is 4.48. The normalized spacial score (nSPS) is 31.9. The fourth-order valence-corrected chi connectivity index (χ4v) is 5.04. The highest BCUT2D eigenvalue weighted by Crippen LogP contribution is 2.53. The molecular weight excluding hydrogens is 421 g/mol. The van der Waals surface area contributed by atoms with Crippen LogP contribution in [0.1, 0.15) is 6.23 Å². The lowest BCUT2D eigenvalue weighted by molar-refractivity contribution is -0.0588. The fraction of sp³-hybridized carbons (Fsp3) is 0.438. The van der Waals surface area contributed by atoms with Gasteiger partial charge in [0.1, 0.15) is 24.6 Å². The maximum absolute atomic E-state index is 11.0. The number of aromatic nitrogens is 4. The van der Waals surface area contributed by atoms with Crippen LogP contribution in [0.15, 0.2) is 29.1 Å². The minimum absolute atomic E-state index is 0.0205. The van der Waals surface area contributed by atoms with Gasteiger partial charge in [-0.2, -0.15) is 0 Å². The van der Waals surface area contributed by atoms with Gasteiger partial charge >= 0.3 is 6.72 Å². The van der Waals surface area contributed by atoms with Gasteiger partial charge in [-0.25, -0.2) is 15.0 Å². The Balaban J connectivity index is 1.67. The molecule has 5 heterocycles. The van der Waals surface area contributed by atoms with Crippen molar-refractivity contribution in [2.24, 2.45) is 0 Å². The summed E-state index contributed by atoms with van der Waals surface area (Å²) in [5.74, 6) is 1.50. The predicted molar refractivity (Wildman–Crippen MR) is 105 cm³/mol. The standard InChI is InChI=1S/C16H18N5O6PS/c1-20(2)14-10-15(18-7-17-14)21(13(19-10)8-4-3-5-24-8)16-11(22)12-9(26-16)6-25-28(23,29)27-12/h3-5,7,9,11-12,16,22H,6H2,1-2H3,(H,23,29)/t9-,11-,12-,16-,28?/m1/s1. The first-order valence-electron chi connectivity index (χ1n) is 8.79. The van der Waals surface area contributed by atoms with Crippen LogP contribution in [0.2, 0.25) is 0 Å². The van der Waals surface area contributed by atoms with E-state index >= 15 is 0 Å². The summed E-state index contributed by atoms with van der Waals surface area (Å²) < 4.78 is 23.8. The van der Waals surface area contributed by atoms with E-state index in [2.05, 4.69) is 15.0 Å². The second-order valence-electron chi connectivity index (χ2n) is 6.94. The van der Waals surface area contributed by atoms with Gasteiger partial charge in [0, 0.05) is 14.1 Å². The largest absolute Gasteiger partial charge is 0.461 e. The quantitative estimate of drug-likeness (QED) is 0.568. The second-order valence-corrected chi connectivity index (χ2v) is 9.73. The Morgan fingerprint density at radius 1 is 1.34 bits per heavy atom. The average Bonchev–Trinajstić information content (AvgIpc) is 3.38. The third-order valence-electron chi connectivity index (χ3n) is 4.84. The minimum Gasteiger partial charge on any atom is -0.461 e. The van der Waals surface area contributed by atoms with Crippen molar-refractivity contribution in [2.45, 2.75) is 24.5 Å².